The van der Waals surface area contributed by atoms with Crippen molar-refractivity contribution in [3.63, 3.8) is 0 Å². The molecule has 41 heavy (non-hydrogen) atoms. The van der Waals surface area contributed by atoms with E-state index in [0.29, 0.717) is 24.5 Å². The lowest BCUT2D eigenvalue weighted by Gasteiger charge is -2.14. The number of aryl methyl sites for hydroxylation is 2. The summed E-state index contributed by atoms with van der Waals surface area (Å²) in [6, 6.07) is 21.4. The van der Waals surface area contributed by atoms with Gasteiger partial charge in [-0.05, 0) is 54.8 Å². The van der Waals surface area contributed by atoms with E-state index < -0.39 is 32.4 Å². The molecule has 0 saturated heterocycles. The summed E-state index contributed by atoms with van der Waals surface area (Å²) in [5, 5.41) is 8.66. The van der Waals surface area contributed by atoms with Crippen LogP contribution in [-0.4, -0.2) is 47.8 Å². The van der Waals surface area contributed by atoms with Crippen molar-refractivity contribution >= 4 is 19.8 Å². The Bertz CT molecular complexity index is 1330. The topological polar surface area (TPSA) is 164 Å². The first kappa shape index (κ1) is 31.8. The monoisotopic (exact) mass is 587 g/mol. The Labute approximate surface area is 238 Å². The van der Waals surface area contributed by atoms with Crippen molar-refractivity contribution in [2.45, 2.75) is 38.8 Å². The minimum Gasteiger partial charge on any atom is -0.489 e. The van der Waals surface area contributed by atoms with Gasteiger partial charge in [-0.15, -0.1) is 0 Å². The number of aliphatic carboxylic acids is 1. The van der Waals surface area contributed by atoms with Crippen molar-refractivity contribution in [3.8, 4) is 17.2 Å². The average Bonchev–Trinajstić information content (AvgIpc) is 2.95. The SMILES string of the molecule is Cc1ccc(Oc2cccc(COc3ccccc3CCC(=O)OCCCOP(=O)(O)OC[C@H](N)C(=O)O)c2)cc1. The van der Waals surface area contributed by atoms with Gasteiger partial charge in [0.1, 0.15) is 29.9 Å². The van der Waals surface area contributed by atoms with Gasteiger partial charge >= 0.3 is 19.8 Å². The van der Waals surface area contributed by atoms with E-state index in [0.717, 1.165) is 22.4 Å². The number of esters is 1. The van der Waals surface area contributed by atoms with E-state index in [2.05, 4.69) is 4.52 Å². The van der Waals surface area contributed by atoms with Crippen LogP contribution in [0.2, 0.25) is 0 Å². The van der Waals surface area contributed by atoms with E-state index in [1.807, 2.05) is 79.7 Å². The summed E-state index contributed by atoms with van der Waals surface area (Å²) < 4.78 is 38.1. The van der Waals surface area contributed by atoms with Gasteiger partial charge in [-0.1, -0.05) is 48.0 Å². The number of carboxylic acids is 1. The standard InChI is InChI=1S/C29H34NO10P/c1-21-10-13-24(14-11-21)40-25-8-4-6-22(18-25)19-37-27-9-3-2-7-23(27)12-15-28(31)36-16-5-17-38-41(34,35)39-20-26(30)29(32)33/h2-4,6-11,13-14,18,26H,5,12,15-17,19-20,30H2,1H3,(H,32,33)(H,34,35)/t26-/m0/s1. The minimum absolute atomic E-state index is 0.0351. The second kappa shape index (κ2) is 15.9. The number of nitrogens with two attached hydrogens (primary N) is 1. The minimum atomic E-state index is -4.46. The van der Waals surface area contributed by atoms with Gasteiger partial charge in [-0.25, -0.2) is 4.57 Å². The number of phosphoric acid groups is 1. The molecule has 0 radical (unpaired) electrons. The smallest absolute Gasteiger partial charge is 0.472 e. The lowest BCUT2D eigenvalue weighted by atomic mass is 10.1. The zero-order chi connectivity index (χ0) is 29.7. The Kier molecular flexibility index (Phi) is 12.3. The predicted molar refractivity (Wildman–Crippen MR) is 150 cm³/mol. The zero-order valence-corrected chi connectivity index (χ0v) is 23.5. The molecule has 220 valence electrons. The fourth-order valence-electron chi connectivity index (χ4n) is 3.47. The maximum absolute atomic E-state index is 12.2. The van der Waals surface area contributed by atoms with Crippen LogP contribution in [0.25, 0.3) is 0 Å². The van der Waals surface area contributed by atoms with Crippen LogP contribution in [-0.2, 0) is 41.0 Å². The fourth-order valence-corrected chi connectivity index (χ4v) is 4.25. The van der Waals surface area contributed by atoms with Crippen LogP contribution >= 0.6 is 7.82 Å². The second-order valence-corrected chi connectivity index (χ2v) is 10.5. The number of carboxylic acid groups (broad SMARTS) is 1. The van der Waals surface area contributed by atoms with Crippen LogP contribution < -0.4 is 15.2 Å². The van der Waals surface area contributed by atoms with Gasteiger partial charge in [-0.3, -0.25) is 18.6 Å². The van der Waals surface area contributed by atoms with Crippen molar-refractivity contribution in [1.29, 1.82) is 0 Å². The van der Waals surface area contributed by atoms with Gasteiger partial charge in [0, 0.05) is 12.8 Å². The quantitative estimate of drug-likeness (QED) is 0.113. The molecule has 0 saturated carbocycles. The molecule has 0 amide bonds. The van der Waals surface area contributed by atoms with Crippen molar-refractivity contribution < 1.29 is 47.4 Å². The third-order valence-electron chi connectivity index (χ3n) is 5.66. The largest absolute Gasteiger partial charge is 0.489 e. The Hall–Kier alpha value is -3.73. The molecule has 3 rings (SSSR count). The molecule has 0 aliphatic carbocycles. The first-order valence-electron chi connectivity index (χ1n) is 12.9. The molecule has 11 nitrogen and oxygen atoms in total. The van der Waals surface area contributed by atoms with Gasteiger partial charge in [0.2, 0.25) is 0 Å². The number of rotatable bonds is 17. The van der Waals surface area contributed by atoms with Crippen molar-refractivity contribution in [2.75, 3.05) is 19.8 Å². The zero-order valence-electron chi connectivity index (χ0n) is 22.6. The summed E-state index contributed by atoms with van der Waals surface area (Å²) in [6.07, 6.45) is 0.637. The molecular weight excluding hydrogens is 553 g/mol. The maximum atomic E-state index is 12.2. The molecule has 0 aliphatic rings. The fraction of sp³-hybridized carbons (Fsp3) is 0.310. The molecule has 4 N–H and O–H groups in total. The first-order valence-corrected chi connectivity index (χ1v) is 14.4. The lowest BCUT2D eigenvalue weighted by molar-refractivity contribution is -0.143. The summed E-state index contributed by atoms with van der Waals surface area (Å²) >= 11 is 0. The molecular formula is C29H34NO10P. The van der Waals surface area contributed by atoms with E-state index in [1.165, 1.54) is 0 Å². The number of phosphoric ester groups is 1. The highest BCUT2D eigenvalue weighted by molar-refractivity contribution is 7.47. The summed E-state index contributed by atoms with van der Waals surface area (Å²) in [6.45, 7) is 1.37. The number of carbonyl (C=O) groups excluding carboxylic acids is 1. The Morgan fingerprint density at radius 3 is 2.46 bits per heavy atom. The van der Waals surface area contributed by atoms with Crippen LogP contribution in [0.3, 0.4) is 0 Å². The van der Waals surface area contributed by atoms with E-state index >= 15 is 0 Å². The summed E-state index contributed by atoms with van der Waals surface area (Å²) in [4.78, 5) is 32.4. The Morgan fingerprint density at radius 1 is 0.951 bits per heavy atom. The summed E-state index contributed by atoms with van der Waals surface area (Å²) in [5.74, 6) is 0.282. The number of benzene rings is 3. The number of para-hydroxylation sites is 1. The molecule has 0 bridgehead atoms. The van der Waals surface area contributed by atoms with Gasteiger partial charge < -0.3 is 29.9 Å². The summed E-state index contributed by atoms with van der Waals surface area (Å²) in [5.41, 5.74) is 8.13. The van der Waals surface area contributed by atoms with Gasteiger partial charge in [-0.2, -0.15) is 0 Å². The number of hydrogen-bond donors (Lipinski definition) is 3. The number of ether oxygens (including phenoxy) is 3. The van der Waals surface area contributed by atoms with E-state index in [9.17, 15) is 19.0 Å². The lowest BCUT2D eigenvalue weighted by Crippen LogP contribution is -2.34. The van der Waals surface area contributed by atoms with Crippen LogP contribution in [0.4, 0.5) is 0 Å². The molecule has 0 aromatic heterocycles. The highest BCUT2D eigenvalue weighted by Gasteiger charge is 2.24. The number of hydrogen-bond acceptors (Lipinski definition) is 9. The van der Waals surface area contributed by atoms with Crippen LogP contribution in [0, 0.1) is 6.92 Å². The average molecular weight is 588 g/mol. The van der Waals surface area contributed by atoms with Crippen LogP contribution in [0.15, 0.2) is 72.8 Å². The Morgan fingerprint density at radius 2 is 1.71 bits per heavy atom. The number of carbonyl (C=O) groups is 2. The van der Waals surface area contributed by atoms with E-state index in [1.54, 1.807) is 0 Å². The normalized spacial score (nSPS) is 13.1. The summed E-state index contributed by atoms with van der Waals surface area (Å²) in [7, 11) is -4.46. The molecule has 0 fully saturated rings. The molecule has 0 spiro atoms. The van der Waals surface area contributed by atoms with Crippen LogP contribution in [0.5, 0.6) is 17.2 Å². The highest BCUT2D eigenvalue weighted by Crippen LogP contribution is 2.43. The third-order valence-corrected chi connectivity index (χ3v) is 6.65. The molecule has 0 aliphatic heterocycles. The van der Waals surface area contributed by atoms with Crippen molar-refractivity contribution in [3.05, 3.63) is 89.5 Å². The van der Waals surface area contributed by atoms with Gasteiger partial charge in [0.05, 0.1) is 19.8 Å². The molecule has 2 atom stereocenters. The van der Waals surface area contributed by atoms with Crippen molar-refractivity contribution in [1.82, 2.24) is 0 Å². The van der Waals surface area contributed by atoms with Crippen molar-refractivity contribution in [2.24, 2.45) is 5.73 Å². The first-order chi connectivity index (χ1) is 19.6. The third kappa shape index (κ3) is 11.7. The second-order valence-electron chi connectivity index (χ2n) is 9.08. The molecule has 1 unspecified atom stereocenters. The van der Waals surface area contributed by atoms with E-state index in [-0.39, 0.29) is 26.1 Å². The molecule has 3 aromatic rings. The molecule has 3 aromatic carbocycles. The van der Waals surface area contributed by atoms with Gasteiger partial charge in [0.15, 0.2) is 0 Å². The highest BCUT2D eigenvalue weighted by atomic mass is 31.2. The molecule has 0 heterocycles. The van der Waals surface area contributed by atoms with E-state index in [4.69, 9.17) is 29.6 Å². The molecule has 12 heteroatoms. The predicted octanol–water partition coefficient (Wildman–Crippen LogP) is 4.78. The Balaban J connectivity index is 1.39. The maximum Gasteiger partial charge on any atom is 0.472 e. The van der Waals surface area contributed by atoms with Crippen LogP contribution in [0.1, 0.15) is 29.5 Å². The van der Waals surface area contributed by atoms with Gasteiger partial charge in [0.25, 0.3) is 0 Å².